The van der Waals surface area contributed by atoms with Crippen molar-refractivity contribution in [3.05, 3.63) is 83.9 Å². The molecule has 0 radical (unpaired) electrons. The summed E-state index contributed by atoms with van der Waals surface area (Å²) in [5, 5.41) is 2.51. The maximum absolute atomic E-state index is 12.0. The van der Waals surface area contributed by atoms with E-state index < -0.39 is 0 Å². The monoisotopic (exact) mass is 292 g/mol. The maximum Gasteiger partial charge on any atom is 0.172 e. The van der Waals surface area contributed by atoms with Gasteiger partial charge in [0.1, 0.15) is 0 Å². The molecule has 0 amide bonds. The summed E-state index contributed by atoms with van der Waals surface area (Å²) >= 11 is 1.67. The van der Waals surface area contributed by atoms with Crippen LogP contribution in [0.2, 0.25) is 0 Å². The standard InChI is InChI=1S/C19H16OS/c20-19(17-7-2-1-3-8-17)14-21-13-15-10-11-16-6-4-5-9-18(16)12-15/h1-12H,13-14H2. The summed E-state index contributed by atoms with van der Waals surface area (Å²) in [6.07, 6.45) is 0. The molecular formula is C19H16OS. The van der Waals surface area contributed by atoms with Crippen LogP contribution in [0.25, 0.3) is 10.8 Å². The Bertz CT molecular complexity index is 750. The van der Waals surface area contributed by atoms with Crippen molar-refractivity contribution < 1.29 is 4.79 Å². The molecule has 0 aliphatic heterocycles. The Labute approximate surface area is 129 Å². The minimum absolute atomic E-state index is 0.196. The Morgan fingerprint density at radius 3 is 2.33 bits per heavy atom. The van der Waals surface area contributed by atoms with Crippen LogP contribution in [0.15, 0.2) is 72.8 Å². The topological polar surface area (TPSA) is 17.1 Å². The zero-order valence-electron chi connectivity index (χ0n) is 11.7. The van der Waals surface area contributed by atoms with E-state index in [1.807, 2.05) is 30.3 Å². The molecule has 21 heavy (non-hydrogen) atoms. The molecule has 0 aromatic heterocycles. The van der Waals surface area contributed by atoms with Crippen LogP contribution in [0.3, 0.4) is 0 Å². The third-order valence-electron chi connectivity index (χ3n) is 3.41. The average molecular weight is 292 g/mol. The predicted molar refractivity (Wildman–Crippen MR) is 90.9 cm³/mol. The van der Waals surface area contributed by atoms with Crippen molar-refractivity contribution >= 4 is 28.3 Å². The number of rotatable bonds is 5. The number of hydrogen-bond donors (Lipinski definition) is 0. The van der Waals surface area contributed by atoms with Crippen LogP contribution in [0.4, 0.5) is 0 Å². The van der Waals surface area contributed by atoms with E-state index in [-0.39, 0.29) is 5.78 Å². The molecule has 1 nitrogen and oxygen atoms in total. The van der Waals surface area contributed by atoms with Gasteiger partial charge in [0.05, 0.1) is 5.75 Å². The molecule has 0 aliphatic carbocycles. The maximum atomic E-state index is 12.0. The number of thioether (sulfide) groups is 1. The molecule has 0 fully saturated rings. The molecule has 0 saturated carbocycles. The number of fused-ring (bicyclic) bond motifs is 1. The van der Waals surface area contributed by atoms with Crippen LogP contribution in [0, 0.1) is 0 Å². The highest BCUT2D eigenvalue weighted by atomic mass is 32.2. The molecule has 104 valence electrons. The molecule has 2 heteroatoms. The molecule has 0 atom stereocenters. The van der Waals surface area contributed by atoms with Crippen molar-refractivity contribution in [1.82, 2.24) is 0 Å². The molecule has 0 spiro atoms. The van der Waals surface area contributed by atoms with Crippen LogP contribution in [-0.4, -0.2) is 11.5 Å². The number of carbonyl (C=O) groups excluding carboxylic acids is 1. The van der Waals surface area contributed by atoms with E-state index in [1.165, 1.54) is 16.3 Å². The Morgan fingerprint density at radius 2 is 1.52 bits per heavy atom. The summed E-state index contributed by atoms with van der Waals surface area (Å²) in [6.45, 7) is 0. The Balaban J connectivity index is 1.60. The number of carbonyl (C=O) groups is 1. The van der Waals surface area contributed by atoms with Gasteiger partial charge in [-0.3, -0.25) is 4.79 Å². The fourth-order valence-electron chi connectivity index (χ4n) is 2.30. The van der Waals surface area contributed by atoms with Gasteiger partial charge in [-0.1, -0.05) is 72.8 Å². The molecule has 0 saturated heterocycles. The number of Topliss-reactive ketones (excluding diaryl/α,β-unsaturated/α-hetero) is 1. The van der Waals surface area contributed by atoms with Gasteiger partial charge < -0.3 is 0 Å². The predicted octanol–water partition coefficient (Wildman–Crippen LogP) is 4.96. The van der Waals surface area contributed by atoms with E-state index in [4.69, 9.17) is 0 Å². The first-order chi connectivity index (χ1) is 10.3. The van der Waals surface area contributed by atoms with Crippen molar-refractivity contribution in [1.29, 1.82) is 0 Å². The van der Waals surface area contributed by atoms with Crippen molar-refractivity contribution in [2.24, 2.45) is 0 Å². The summed E-state index contributed by atoms with van der Waals surface area (Å²) in [4.78, 5) is 12.0. The molecule has 0 N–H and O–H groups in total. The van der Waals surface area contributed by atoms with Gasteiger partial charge >= 0.3 is 0 Å². The van der Waals surface area contributed by atoms with Gasteiger partial charge in [-0.05, 0) is 16.3 Å². The van der Waals surface area contributed by atoms with Crippen LogP contribution in [0.5, 0.6) is 0 Å². The summed E-state index contributed by atoms with van der Waals surface area (Å²) in [5.74, 6) is 1.58. The molecule has 3 aromatic rings. The van der Waals surface area contributed by atoms with E-state index in [0.29, 0.717) is 5.75 Å². The average Bonchev–Trinajstić information content (AvgIpc) is 2.55. The van der Waals surface area contributed by atoms with Gasteiger partial charge in [-0.25, -0.2) is 0 Å². The van der Waals surface area contributed by atoms with Gasteiger partial charge in [-0.2, -0.15) is 0 Å². The zero-order chi connectivity index (χ0) is 14.5. The first-order valence-corrected chi connectivity index (χ1v) is 8.12. The van der Waals surface area contributed by atoms with Gasteiger partial charge in [0.2, 0.25) is 0 Å². The second-order valence-electron chi connectivity index (χ2n) is 4.96. The lowest BCUT2D eigenvalue weighted by Gasteiger charge is -2.04. The van der Waals surface area contributed by atoms with E-state index >= 15 is 0 Å². The second kappa shape index (κ2) is 6.59. The molecule has 0 aliphatic rings. The second-order valence-corrected chi connectivity index (χ2v) is 5.95. The van der Waals surface area contributed by atoms with Crippen molar-refractivity contribution in [3.63, 3.8) is 0 Å². The third kappa shape index (κ3) is 3.53. The minimum Gasteiger partial charge on any atom is -0.293 e. The van der Waals surface area contributed by atoms with Gasteiger partial charge in [0.15, 0.2) is 5.78 Å². The number of benzene rings is 3. The molecule has 3 rings (SSSR count). The number of hydrogen-bond acceptors (Lipinski definition) is 2. The quantitative estimate of drug-likeness (QED) is 0.618. The Morgan fingerprint density at radius 1 is 0.810 bits per heavy atom. The van der Waals surface area contributed by atoms with Crippen molar-refractivity contribution in [2.75, 3.05) is 5.75 Å². The highest BCUT2D eigenvalue weighted by Crippen LogP contribution is 2.20. The van der Waals surface area contributed by atoms with E-state index in [9.17, 15) is 4.79 Å². The lowest BCUT2D eigenvalue weighted by Crippen LogP contribution is -2.02. The van der Waals surface area contributed by atoms with Crippen LogP contribution >= 0.6 is 11.8 Å². The zero-order valence-corrected chi connectivity index (χ0v) is 12.5. The van der Waals surface area contributed by atoms with Crippen molar-refractivity contribution in [3.8, 4) is 0 Å². The summed E-state index contributed by atoms with van der Waals surface area (Å²) < 4.78 is 0. The van der Waals surface area contributed by atoms with Crippen LogP contribution < -0.4 is 0 Å². The molecule has 3 aromatic carbocycles. The largest absolute Gasteiger partial charge is 0.293 e. The van der Waals surface area contributed by atoms with Gasteiger partial charge in [0.25, 0.3) is 0 Å². The smallest absolute Gasteiger partial charge is 0.172 e. The first kappa shape index (κ1) is 13.9. The minimum atomic E-state index is 0.196. The van der Waals surface area contributed by atoms with Crippen LogP contribution in [0.1, 0.15) is 15.9 Å². The third-order valence-corrected chi connectivity index (χ3v) is 4.42. The summed E-state index contributed by atoms with van der Waals surface area (Å²) in [5.41, 5.74) is 2.06. The molecule has 0 heterocycles. The highest BCUT2D eigenvalue weighted by molar-refractivity contribution is 7.99. The number of ketones is 1. The lowest BCUT2D eigenvalue weighted by atomic mass is 10.1. The van der Waals surface area contributed by atoms with E-state index in [1.54, 1.807) is 11.8 Å². The van der Waals surface area contributed by atoms with Gasteiger partial charge in [0, 0.05) is 11.3 Å². The van der Waals surface area contributed by atoms with E-state index in [0.717, 1.165) is 11.3 Å². The molecule has 0 bridgehead atoms. The normalized spacial score (nSPS) is 10.7. The SMILES string of the molecule is O=C(CSCc1ccc2ccccc2c1)c1ccccc1. The summed E-state index contributed by atoms with van der Waals surface area (Å²) in [7, 11) is 0. The lowest BCUT2D eigenvalue weighted by molar-refractivity contribution is 0.102. The Kier molecular flexibility index (Phi) is 4.37. The fourth-order valence-corrected chi connectivity index (χ4v) is 3.17. The van der Waals surface area contributed by atoms with Crippen molar-refractivity contribution in [2.45, 2.75) is 5.75 Å². The van der Waals surface area contributed by atoms with E-state index in [2.05, 4.69) is 42.5 Å². The Hall–Kier alpha value is -2.06. The van der Waals surface area contributed by atoms with Crippen LogP contribution in [-0.2, 0) is 5.75 Å². The highest BCUT2D eigenvalue weighted by Gasteiger charge is 2.05. The first-order valence-electron chi connectivity index (χ1n) is 6.96. The fraction of sp³-hybridized carbons (Fsp3) is 0.105. The molecule has 0 unspecified atom stereocenters. The molecular weight excluding hydrogens is 276 g/mol. The van der Waals surface area contributed by atoms with Gasteiger partial charge in [-0.15, -0.1) is 11.8 Å². The summed E-state index contributed by atoms with van der Waals surface area (Å²) in [6, 6.07) is 24.3.